The summed E-state index contributed by atoms with van der Waals surface area (Å²) in [5.74, 6) is -0.744. The molecular weight excluding hydrogens is 406 g/mol. The van der Waals surface area contributed by atoms with Gasteiger partial charge in [0.05, 0.1) is 24.1 Å². The summed E-state index contributed by atoms with van der Waals surface area (Å²) in [5.41, 5.74) is 0.887. The maximum atomic E-state index is 13.2. The Morgan fingerprint density at radius 3 is 2.81 bits per heavy atom. The highest BCUT2D eigenvalue weighted by Gasteiger charge is 2.39. The van der Waals surface area contributed by atoms with Crippen LogP contribution in [0.25, 0.3) is 0 Å². The molecule has 0 unspecified atom stereocenters. The van der Waals surface area contributed by atoms with Crippen LogP contribution in [0.3, 0.4) is 0 Å². The molecule has 10 heteroatoms. The topological polar surface area (TPSA) is 131 Å². The number of carbonyl (C=O) groups excluding carboxylic acids is 2. The third-order valence-electron chi connectivity index (χ3n) is 5.53. The maximum absolute atomic E-state index is 13.2. The average Bonchev–Trinajstić information content (AvgIpc) is 3.17. The number of aryl methyl sites for hydroxylation is 1. The fourth-order valence-corrected chi connectivity index (χ4v) is 3.97. The number of fused-ring (bicyclic) bond motifs is 2. The van der Waals surface area contributed by atoms with Gasteiger partial charge in [0.2, 0.25) is 0 Å². The van der Waals surface area contributed by atoms with Crippen LogP contribution < -0.4 is 10.1 Å². The Balaban J connectivity index is 1.53. The van der Waals surface area contributed by atoms with Crippen LogP contribution in [0.2, 0.25) is 0 Å². The number of amides is 2. The van der Waals surface area contributed by atoms with Gasteiger partial charge in [0.25, 0.3) is 11.8 Å². The summed E-state index contributed by atoms with van der Waals surface area (Å²) in [6, 6.07) is 6.09. The average molecular weight is 429 g/mol. The molecule has 3 atom stereocenters. The summed E-state index contributed by atoms with van der Waals surface area (Å²) >= 11 is 0. The number of benzene rings is 1. The van der Waals surface area contributed by atoms with E-state index in [9.17, 15) is 14.4 Å². The maximum Gasteiger partial charge on any atom is 0.305 e. The molecule has 0 spiro atoms. The molecular formula is C21H23N3O7. The molecule has 2 amide bonds. The predicted octanol–water partition coefficient (Wildman–Crippen LogP) is 2.09. The van der Waals surface area contributed by atoms with E-state index in [1.807, 2.05) is 0 Å². The summed E-state index contributed by atoms with van der Waals surface area (Å²) in [5, 5.41) is 15.4. The number of nitrogens with one attached hydrogen (secondary N) is 1. The Morgan fingerprint density at radius 2 is 2.10 bits per heavy atom. The Hall–Kier alpha value is -3.40. The van der Waals surface area contributed by atoms with Crippen LogP contribution in [0.15, 0.2) is 28.8 Å². The van der Waals surface area contributed by atoms with Crippen LogP contribution in [0, 0.1) is 6.92 Å². The predicted molar refractivity (Wildman–Crippen MR) is 107 cm³/mol. The highest BCUT2D eigenvalue weighted by molar-refractivity contribution is 6.04. The van der Waals surface area contributed by atoms with E-state index in [1.54, 1.807) is 37.1 Å². The van der Waals surface area contributed by atoms with E-state index >= 15 is 0 Å². The second kappa shape index (κ2) is 8.38. The minimum absolute atomic E-state index is 0.0778. The lowest BCUT2D eigenvalue weighted by Crippen LogP contribution is -2.53. The number of aromatic nitrogens is 1. The van der Waals surface area contributed by atoms with Crippen molar-refractivity contribution < 1.29 is 33.5 Å². The lowest BCUT2D eigenvalue weighted by molar-refractivity contribution is -0.148. The van der Waals surface area contributed by atoms with E-state index in [4.69, 9.17) is 19.1 Å². The van der Waals surface area contributed by atoms with E-state index in [0.717, 1.165) is 0 Å². The number of ether oxygens (including phenoxy) is 2. The minimum atomic E-state index is -0.916. The molecule has 0 aliphatic carbocycles. The fraction of sp³-hybridized carbons (Fsp3) is 0.429. The SMILES string of the molecule is Cc1cc(C(=O)Nc2ccc3c(c2)C(=O)N(C)[C@@H]2CC[C@@H](CC(=O)O)O[C@@H]2CO3)no1. The van der Waals surface area contributed by atoms with Gasteiger partial charge in [-0.3, -0.25) is 14.4 Å². The van der Waals surface area contributed by atoms with E-state index in [2.05, 4.69) is 10.5 Å². The van der Waals surface area contributed by atoms with Crippen LogP contribution >= 0.6 is 0 Å². The number of hydrogen-bond acceptors (Lipinski definition) is 7. The van der Waals surface area contributed by atoms with Crippen molar-refractivity contribution in [3.63, 3.8) is 0 Å². The third-order valence-corrected chi connectivity index (χ3v) is 5.53. The number of aliphatic carboxylic acids is 1. The van der Waals surface area contributed by atoms with Gasteiger partial charge in [0.15, 0.2) is 5.69 Å². The van der Waals surface area contributed by atoms with Gasteiger partial charge in [-0.15, -0.1) is 0 Å². The van der Waals surface area contributed by atoms with E-state index in [1.165, 1.54) is 6.07 Å². The number of carbonyl (C=O) groups is 3. The van der Waals surface area contributed by atoms with Crippen LogP contribution in [-0.4, -0.2) is 64.9 Å². The summed E-state index contributed by atoms with van der Waals surface area (Å²) in [6.45, 7) is 1.88. The van der Waals surface area contributed by atoms with Gasteiger partial charge in [-0.2, -0.15) is 0 Å². The highest BCUT2D eigenvalue weighted by atomic mass is 16.5. The highest BCUT2D eigenvalue weighted by Crippen LogP contribution is 2.32. The Morgan fingerprint density at radius 1 is 1.29 bits per heavy atom. The fourth-order valence-electron chi connectivity index (χ4n) is 3.97. The first kappa shape index (κ1) is 20.9. The Labute approximate surface area is 178 Å². The van der Waals surface area contributed by atoms with Crippen molar-refractivity contribution in [3.8, 4) is 5.75 Å². The quantitative estimate of drug-likeness (QED) is 0.755. The number of carboxylic acid groups (broad SMARTS) is 1. The zero-order valence-corrected chi connectivity index (χ0v) is 17.2. The van der Waals surface area contributed by atoms with Gasteiger partial charge >= 0.3 is 5.97 Å². The molecule has 2 aliphatic heterocycles. The van der Waals surface area contributed by atoms with Crippen molar-refractivity contribution in [1.82, 2.24) is 10.1 Å². The first-order valence-electron chi connectivity index (χ1n) is 9.97. The standard InChI is InChI=1S/C21H23N3O7/c1-11-7-15(23-31-11)20(27)22-12-3-6-17-14(8-12)21(28)24(2)16-5-4-13(9-19(25)26)30-18(16)10-29-17/h3,6-8,13,16,18H,4-5,9-10H2,1-2H3,(H,22,27)(H,25,26)/t13-,16+,18+/m0/s1. The lowest BCUT2D eigenvalue weighted by atomic mass is 9.94. The minimum Gasteiger partial charge on any atom is -0.490 e. The largest absolute Gasteiger partial charge is 0.490 e. The normalized spacial score (nSPS) is 23.1. The van der Waals surface area contributed by atoms with Crippen molar-refractivity contribution >= 4 is 23.5 Å². The molecule has 3 heterocycles. The zero-order chi connectivity index (χ0) is 22.1. The first-order chi connectivity index (χ1) is 14.8. The van der Waals surface area contributed by atoms with Gasteiger partial charge in [0.1, 0.15) is 24.2 Å². The van der Waals surface area contributed by atoms with Crippen LogP contribution in [0.5, 0.6) is 5.75 Å². The molecule has 10 nitrogen and oxygen atoms in total. The monoisotopic (exact) mass is 429 g/mol. The molecule has 1 aromatic heterocycles. The molecule has 1 saturated heterocycles. The summed E-state index contributed by atoms with van der Waals surface area (Å²) in [7, 11) is 1.69. The van der Waals surface area contributed by atoms with Gasteiger partial charge in [-0.25, -0.2) is 0 Å². The molecule has 1 fully saturated rings. The smallest absolute Gasteiger partial charge is 0.305 e. The van der Waals surface area contributed by atoms with Crippen LogP contribution in [0.1, 0.15) is 45.9 Å². The summed E-state index contributed by atoms with van der Waals surface area (Å²) < 4.78 is 16.7. The summed E-state index contributed by atoms with van der Waals surface area (Å²) in [4.78, 5) is 38.1. The molecule has 0 saturated carbocycles. The number of rotatable bonds is 4. The second-order valence-electron chi connectivity index (χ2n) is 7.75. The number of anilines is 1. The van der Waals surface area contributed by atoms with Gasteiger partial charge in [0, 0.05) is 18.8 Å². The van der Waals surface area contributed by atoms with Crippen LogP contribution in [-0.2, 0) is 9.53 Å². The van der Waals surface area contributed by atoms with Gasteiger partial charge in [-0.1, -0.05) is 5.16 Å². The molecule has 1 aromatic carbocycles. The molecule has 164 valence electrons. The molecule has 31 heavy (non-hydrogen) atoms. The molecule has 2 aliphatic rings. The van der Waals surface area contributed by atoms with Crippen molar-refractivity contribution in [1.29, 1.82) is 0 Å². The number of carboxylic acids is 1. The van der Waals surface area contributed by atoms with Crippen molar-refractivity contribution in [3.05, 3.63) is 41.3 Å². The molecule has 0 radical (unpaired) electrons. The lowest BCUT2D eigenvalue weighted by Gasteiger charge is -2.42. The van der Waals surface area contributed by atoms with Gasteiger partial charge < -0.3 is 29.3 Å². The number of likely N-dealkylation sites (N-methyl/N-ethyl adjacent to an activating group) is 1. The van der Waals surface area contributed by atoms with Crippen molar-refractivity contribution in [2.45, 2.75) is 44.4 Å². The van der Waals surface area contributed by atoms with Gasteiger partial charge in [-0.05, 0) is 38.0 Å². The molecule has 4 rings (SSSR count). The molecule has 0 bridgehead atoms. The van der Waals surface area contributed by atoms with E-state index in [-0.39, 0.29) is 30.7 Å². The summed E-state index contributed by atoms with van der Waals surface area (Å²) in [6.07, 6.45) is 0.264. The number of hydrogen-bond donors (Lipinski definition) is 2. The third kappa shape index (κ3) is 4.38. The Kier molecular flexibility index (Phi) is 5.64. The molecule has 2 N–H and O–H groups in total. The first-order valence-corrected chi connectivity index (χ1v) is 9.97. The zero-order valence-electron chi connectivity index (χ0n) is 17.2. The Bertz CT molecular complexity index is 1020. The molecule has 2 aromatic rings. The van der Waals surface area contributed by atoms with Crippen molar-refractivity contribution in [2.75, 3.05) is 19.0 Å². The van der Waals surface area contributed by atoms with E-state index < -0.39 is 24.1 Å². The van der Waals surface area contributed by atoms with Crippen molar-refractivity contribution in [2.24, 2.45) is 0 Å². The number of nitrogens with zero attached hydrogens (tertiary/aromatic N) is 2. The second-order valence-corrected chi connectivity index (χ2v) is 7.75. The van der Waals surface area contributed by atoms with Crippen LogP contribution in [0.4, 0.5) is 5.69 Å². The van der Waals surface area contributed by atoms with E-state index in [0.29, 0.717) is 35.6 Å².